The van der Waals surface area contributed by atoms with Gasteiger partial charge in [0.25, 0.3) is 0 Å². The lowest BCUT2D eigenvalue weighted by Crippen LogP contribution is -2.35. The van der Waals surface area contributed by atoms with Crippen LogP contribution in [-0.2, 0) is 4.74 Å². The lowest BCUT2D eigenvalue weighted by atomic mass is 10.1. The minimum Gasteiger partial charge on any atom is -0.394 e. The quantitative estimate of drug-likeness (QED) is 0.803. The highest BCUT2D eigenvalue weighted by Crippen LogP contribution is 2.16. The molecule has 90 valence electrons. The Morgan fingerprint density at radius 3 is 2.50 bits per heavy atom. The monoisotopic (exact) mass is 243 g/mol. The first-order valence-corrected chi connectivity index (χ1v) is 5.66. The van der Waals surface area contributed by atoms with Crippen LogP contribution in [0.5, 0.6) is 0 Å². The smallest absolute Gasteiger partial charge is 0.0626 e. The summed E-state index contributed by atoms with van der Waals surface area (Å²) in [7, 11) is 1.66. The minimum atomic E-state index is -0.0811. The summed E-state index contributed by atoms with van der Waals surface area (Å²) in [6.45, 7) is 2.68. The number of hydrogen-bond acceptors (Lipinski definition) is 3. The van der Waals surface area contributed by atoms with E-state index in [0.29, 0.717) is 11.6 Å². The SMILES string of the molecule is COCC(C)NC(CO)c1ccc(Cl)cc1. The number of aliphatic hydroxyl groups excluding tert-OH is 1. The van der Waals surface area contributed by atoms with Crippen LogP contribution in [0.2, 0.25) is 5.02 Å². The molecule has 2 N–H and O–H groups in total. The highest BCUT2D eigenvalue weighted by molar-refractivity contribution is 6.30. The zero-order valence-corrected chi connectivity index (χ0v) is 10.4. The number of benzene rings is 1. The Hall–Kier alpha value is -0.610. The third-order valence-electron chi connectivity index (χ3n) is 2.36. The van der Waals surface area contributed by atoms with Gasteiger partial charge in [-0.2, -0.15) is 0 Å². The number of halogens is 1. The first-order chi connectivity index (χ1) is 7.67. The molecule has 2 atom stereocenters. The number of hydrogen-bond donors (Lipinski definition) is 2. The van der Waals surface area contributed by atoms with Crippen LogP contribution in [0.4, 0.5) is 0 Å². The Bertz CT molecular complexity index is 302. The van der Waals surface area contributed by atoms with Gasteiger partial charge in [0.15, 0.2) is 0 Å². The molecule has 0 bridgehead atoms. The molecule has 1 rings (SSSR count). The van der Waals surface area contributed by atoms with Gasteiger partial charge in [0, 0.05) is 18.2 Å². The summed E-state index contributed by atoms with van der Waals surface area (Å²) in [5, 5.41) is 13.3. The Kier molecular flexibility index (Phi) is 5.77. The molecule has 0 aromatic heterocycles. The average molecular weight is 244 g/mol. The van der Waals surface area contributed by atoms with Crippen molar-refractivity contribution < 1.29 is 9.84 Å². The van der Waals surface area contributed by atoms with Crippen LogP contribution in [-0.4, -0.2) is 31.5 Å². The van der Waals surface area contributed by atoms with E-state index in [0.717, 1.165) is 5.56 Å². The van der Waals surface area contributed by atoms with Crippen LogP contribution < -0.4 is 5.32 Å². The maximum Gasteiger partial charge on any atom is 0.0626 e. The summed E-state index contributed by atoms with van der Waals surface area (Å²) in [5.41, 5.74) is 1.02. The van der Waals surface area contributed by atoms with Gasteiger partial charge < -0.3 is 15.2 Å². The third kappa shape index (κ3) is 4.10. The van der Waals surface area contributed by atoms with Crippen LogP contribution in [0.3, 0.4) is 0 Å². The lowest BCUT2D eigenvalue weighted by molar-refractivity contribution is 0.154. The van der Waals surface area contributed by atoms with Crippen LogP contribution >= 0.6 is 11.6 Å². The van der Waals surface area contributed by atoms with Gasteiger partial charge in [-0.3, -0.25) is 0 Å². The van der Waals surface area contributed by atoms with E-state index in [1.807, 2.05) is 31.2 Å². The van der Waals surface area contributed by atoms with Crippen molar-refractivity contribution in [1.82, 2.24) is 5.32 Å². The van der Waals surface area contributed by atoms with E-state index in [-0.39, 0.29) is 18.7 Å². The Morgan fingerprint density at radius 1 is 1.38 bits per heavy atom. The number of nitrogens with one attached hydrogen (secondary N) is 1. The van der Waals surface area contributed by atoms with Crippen molar-refractivity contribution in [2.24, 2.45) is 0 Å². The summed E-state index contributed by atoms with van der Waals surface area (Å²) in [6.07, 6.45) is 0. The van der Waals surface area contributed by atoms with Crippen LogP contribution in [0.15, 0.2) is 24.3 Å². The van der Waals surface area contributed by atoms with Gasteiger partial charge in [-0.1, -0.05) is 23.7 Å². The van der Waals surface area contributed by atoms with Crippen molar-refractivity contribution in [3.8, 4) is 0 Å². The highest BCUT2D eigenvalue weighted by Gasteiger charge is 2.12. The highest BCUT2D eigenvalue weighted by atomic mass is 35.5. The largest absolute Gasteiger partial charge is 0.394 e. The van der Waals surface area contributed by atoms with Crippen molar-refractivity contribution >= 4 is 11.6 Å². The van der Waals surface area contributed by atoms with E-state index < -0.39 is 0 Å². The molecular weight excluding hydrogens is 226 g/mol. The molecule has 0 radical (unpaired) electrons. The van der Waals surface area contributed by atoms with Crippen molar-refractivity contribution in [3.63, 3.8) is 0 Å². The maximum atomic E-state index is 9.33. The van der Waals surface area contributed by atoms with Crippen LogP contribution in [0.1, 0.15) is 18.5 Å². The van der Waals surface area contributed by atoms with Gasteiger partial charge in [-0.15, -0.1) is 0 Å². The van der Waals surface area contributed by atoms with E-state index in [1.54, 1.807) is 7.11 Å². The van der Waals surface area contributed by atoms with Crippen LogP contribution in [0, 0.1) is 0 Å². The van der Waals surface area contributed by atoms with Gasteiger partial charge in [-0.05, 0) is 24.6 Å². The van der Waals surface area contributed by atoms with Gasteiger partial charge in [0.05, 0.1) is 19.3 Å². The Balaban J connectivity index is 2.63. The molecule has 16 heavy (non-hydrogen) atoms. The molecule has 0 heterocycles. The van der Waals surface area contributed by atoms with E-state index >= 15 is 0 Å². The zero-order chi connectivity index (χ0) is 12.0. The molecule has 2 unspecified atom stereocenters. The first-order valence-electron chi connectivity index (χ1n) is 5.28. The molecule has 0 saturated carbocycles. The molecule has 0 fully saturated rings. The van der Waals surface area contributed by atoms with E-state index in [1.165, 1.54) is 0 Å². The third-order valence-corrected chi connectivity index (χ3v) is 2.61. The number of methoxy groups -OCH3 is 1. The predicted molar refractivity (Wildman–Crippen MR) is 65.8 cm³/mol. The van der Waals surface area contributed by atoms with Crippen molar-refractivity contribution in [1.29, 1.82) is 0 Å². The van der Waals surface area contributed by atoms with Crippen LogP contribution in [0.25, 0.3) is 0 Å². The standard InChI is InChI=1S/C12H18ClNO2/c1-9(8-16-2)14-12(7-15)10-3-5-11(13)6-4-10/h3-6,9,12,14-15H,7-8H2,1-2H3. The molecule has 0 aliphatic heterocycles. The van der Waals surface area contributed by atoms with Crippen molar-refractivity contribution in [3.05, 3.63) is 34.9 Å². The fraction of sp³-hybridized carbons (Fsp3) is 0.500. The molecule has 0 aliphatic rings. The van der Waals surface area contributed by atoms with Gasteiger partial charge in [-0.25, -0.2) is 0 Å². The lowest BCUT2D eigenvalue weighted by Gasteiger charge is -2.21. The van der Waals surface area contributed by atoms with Gasteiger partial charge >= 0.3 is 0 Å². The summed E-state index contributed by atoms with van der Waals surface area (Å²) < 4.78 is 5.04. The second-order valence-electron chi connectivity index (χ2n) is 3.81. The molecule has 0 spiro atoms. The number of rotatable bonds is 6. The van der Waals surface area contributed by atoms with E-state index in [4.69, 9.17) is 16.3 Å². The average Bonchev–Trinajstić information content (AvgIpc) is 2.27. The minimum absolute atomic E-state index is 0.0513. The summed E-state index contributed by atoms with van der Waals surface area (Å²) in [6, 6.07) is 7.58. The molecule has 0 saturated heterocycles. The molecule has 4 heteroatoms. The fourth-order valence-electron chi connectivity index (χ4n) is 1.59. The zero-order valence-electron chi connectivity index (χ0n) is 9.61. The predicted octanol–water partition coefficient (Wildman–Crippen LogP) is 2.00. The van der Waals surface area contributed by atoms with Crippen molar-refractivity contribution in [2.75, 3.05) is 20.3 Å². The van der Waals surface area contributed by atoms with E-state index in [2.05, 4.69) is 5.32 Å². The number of ether oxygens (including phenoxy) is 1. The van der Waals surface area contributed by atoms with Crippen molar-refractivity contribution in [2.45, 2.75) is 19.0 Å². The Labute approximate surface area is 101 Å². The molecule has 3 nitrogen and oxygen atoms in total. The van der Waals surface area contributed by atoms with Gasteiger partial charge in [0.2, 0.25) is 0 Å². The summed E-state index contributed by atoms with van der Waals surface area (Å²) >= 11 is 5.81. The second kappa shape index (κ2) is 6.86. The van der Waals surface area contributed by atoms with E-state index in [9.17, 15) is 5.11 Å². The molecule has 0 amide bonds. The normalized spacial score (nSPS) is 14.8. The first kappa shape index (κ1) is 13.5. The second-order valence-corrected chi connectivity index (χ2v) is 4.25. The topological polar surface area (TPSA) is 41.5 Å². The summed E-state index contributed by atoms with van der Waals surface area (Å²) in [5.74, 6) is 0. The number of aliphatic hydroxyl groups is 1. The Morgan fingerprint density at radius 2 is 2.00 bits per heavy atom. The van der Waals surface area contributed by atoms with Gasteiger partial charge in [0.1, 0.15) is 0 Å². The molecule has 1 aromatic carbocycles. The summed E-state index contributed by atoms with van der Waals surface area (Å²) in [4.78, 5) is 0. The molecular formula is C12H18ClNO2. The maximum absolute atomic E-state index is 9.33. The molecule has 0 aliphatic carbocycles. The molecule has 1 aromatic rings. The fourth-order valence-corrected chi connectivity index (χ4v) is 1.72.